The smallest absolute Gasteiger partial charge is 0.409 e. The van der Waals surface area contributed by atoms with E-state index in [-0.39, 0.29) is 30.1 Å². The molecule has 0 aromatic heterocycles. The van der Waals surface area contributed by atoms with Gasteiger partial charge in [-0.3, -0.25) is 4.99 Å². The Bertz CT molecular complexity index is 649. The van der Waals surface area contributed by atoms with Gasteiger partial charge in [0.1, 0.15) is 0 Å². The van der Waals surface area contributed by atoms with Gasteiger partial charge in [-0.05, 0) is 31.5 Å². The monoisotopic (exact) mass is 506 g/mol. The Balaban J connectivity index is 0.00000392. The summed E-state index contributed by atoms with van der Waals surface area (Å²) in [4.78, 5) is 20.0. The molecule has 1 aliphatic rings. The van der Waals surface area contributed by atoms with E-state index in [2.05, 4.69) is 15.2 Å². The lowest BCUT2D eigenvalue weighted by Gasteiger charge is -2.35. The van der Waals surface area contributed by atoms with E-state index in [9.17, 15) is 4.79 Å². The Labute approximate surface area is 184 Å². The third-order valence-corrected chi connectivity index (χ3v) is 4.30. The molecule has 1 heterocycles. The summed E-state index contributed by atoms with van der Waals surface area (Å²) in [7, 11) is 3.40. The number of aliphatic imine (C=N–C) groups is 1. The Kier molecular flexibility index (Phi) is 10.8. The molecule has 1 N–H and O–H groups in total. The van der Waals surface area contributed by atoms with Crippen molar-refractivity contribution < 1.29 is 19.0 Å². The van der Waals surface area contributed by atoms with Gasteiger partial charge in [0.15, 0.2) is 17.5 Å². The first-order chi connectivity index (χ1) is 13.1. The highest BCUT2D eigenvalue weighted by molar-refractivity contribution is 14.0. The first-order valence-electron chi connectivity index (χ1n) is 9.29. The molecule has 1 amide bonds. The van der Waals surface area contributed by atoms with Crippen LogP contribution in [0.1, 0.15) is 19.4 Å². The van der Waals surface area contributed by atoms with Crippen molar-refractivity contribution >= 4 is 36.0 Å². The Hall–Kier alpha value is -1.91. The molecule has 8 nitrogen and oxygen atoms in total. The minimum absolute atomic E-state index is 0. The maximum Gasteiger partial charge on any atom is 0.409 e. The summed E-state index contributed by atoms with van der Waals surface area (Å²) in [6.07, 6.45) is -0.249. The highest BCUT2D eigenvalue weighted by Crippen LogP contribution is 2.28. The summed E-state index contributed by atoms with van der Waals surface area (Å²) >= 11 is 0. The maximum atomic E-state index is 11.8. The molecule has 1 fully saturated rings. The Morgan fingerprint density at radius 1 is 1.11 bits per heavy atom. The van der Waals surface area contributed by atoms with Gasteiger partial charge in [-0.25, -0.2) is 4.79 Å². The van der Waals surface area contributed by atoms with E-state index in [1.165, 1.54) is 0 Å². The van der Waals surface area contributed by atoms with Crippen LogP contribution in [0.2, 0.25) is 0 Å². The number of benzene rings is 1. The third-order valence-electron chi connectivity index (χ3n) is 4.30. The average molecular weight is 506 g/mol. The summed E-state index contributed by atoms with van der Waals surface area (Å²) in [6, 6.07) is 5.89. The molecular formula is C19H31IN4O4. The van der Waals surface area contributed by atoms with Gasteiger partial charge in [0, 0.05) is 39.8 Å². The number of hydrogen-bond donors (Lipinski definition) is 1. The van der Waals surface area contributed by atoms with Crippen LogP contribution < -0.4 is 14.8 Å². The second-order valence-corrected chi connectivity index (χ2v) is 5.99. The molecule has 2 rings (SSSR count). The molecule has 1 aliphatic heterocycles. The summed E-state index contributed by atoms with van der Waals surface area (Å²) < 4.78 is 16.0. The van der Waals surface area contributed by atoms with Crippen molar-refractivity contribution in [2.24, 2.45) is 4.99 Å². The number of methoxy groups -OCH3 is 1. The molecule has 0 atom stereocenters. The number of amides is 1. The number of halogens is 1. The number of carbonyl (C=O) groups excluding carboxylic acids is 1. The molecule has 0 bridgehead atoms. The quantitative estimate of drug-likeness (QED) is 0.363. The van der Waals surface area contributed by atoms with Gasteiger partial charge in [0.05, 0.1) is 20.3 Å². The fourth-order valence-corrected chi connectivity index (χ4v) is 2.93. The number of carbonyl (C=O) groups is 1. The van der Waals surface area contributed by atoms with Crippen LogP contribution in [0.25, 0.3) is 0 Å². The molecule has 158 valence electrons. The van der Waals surface area contributed by atoms with Crippen LogP contribution in [-0.4, -0.2) is 75.4 Å². The SMILES string of the molecule is CCOC(=O)N1CCN(C(=NC)NCc2ccc(OCC)c(OC)c2)CC1.I. The van der Waals surface area contributed by atoms with E-state index in [4.69, 9.17) is 14.2 Å². The van der Waals surface area contributed by atoms with Gasteiger partial charge >= 0.3 is 6.09 Å². The molecule has 0 saturated carbocycles. The second kappa shape index (κ2) is 12.5. The van der Waals surface area contributed by atoms with Gasteiger partial charge in [-0.15, -0.1) is 24.0 Å². The summed E-state index contributed by atoms with van der Waals surface area (Å²) in [5.74, 6) is 2.27. The van der Waals surface area contributed by atoms with Crippen LogP contribution in [-0.2, 0) is 11.3 Å². The molecule has 0 spiro atoms. The summed E-state index contributed by atoms with van der Waals surface area (Å²) in [5, 5.41) is 3.37. The summed E-state index contributed by atoms with van der Waals surface area (Å²) in [6.45, 7) is 8.04. The van der Waals surface area contributed by atoms with Crippen LogP contribution in [0.4, 0.5) is 4.79 Å². The van der Waals surface area contributed by atoms with Crippen LogP contribution >= 0.6 is 24.0 Å². The van der Waals surface area contributed by atoms with Crippen LogP contribution in [0, 0.1) is 0 Å². The van der Waals surface area contributed by atoms with Crippen molar-refractivity contribution in [3.63, 3.8) is 0 Å². The van der Waals surface area contributed by atoms with Crippen molar-refractivity contribution in [1.29, 1.82) is 0 Å². The highest BCUT2D eigenvalue weighted by Gasteiger charge is 2.23. The second-order valence-electron chi connectivity index (χ2n) is 5.99. The van der Waals surface area contributed by atoms with Gasteiger partial charge < -0.3 is 29.3 Å². The van der Waals surface area contributed by atoms with E-state index < -0.39 is 0 Å². The molecular weight excluding hydrogens is 475 g/mol. The van der Waals surface area contributed by atoms with E-state index in [1.54, 1.807) is 19.1 Å². The number of rotatable bonds is 6. The predicted molar refractivity (Wildman–Crippen MR) is 120 cm³/mol. The predicted octanol–water partition coefficient (Wildman–Crippen LogP) is 2.56. The van der Waals surface area contributed by atoms with Gasteiger partial charge in [0.2, 0.25) is 0 Å². The molecule has 1 aromatic carbocycles. The van der Waals surface area contributed by atoms with Crippen LogP contribution in [0.5, 0.6) is 11.5 Å². The average Bonchev–Trinajstić information content (AvgIpc) is 2.70. The fraction of sp³-hybridized carbons (Fsp3) is 0.579. The molecule has 0 aliphatic carbocycles. The van der Waals surface area contributed by atoms with Crippen LogP contribution in [0.3, 0.4) is 0 Å². The van der Waals surface area contributed by atoms with Crippen molar-refractivity contribution in [1.82, 2.24) is 15.1 Å². The van der Waals surface area contributed by atoms with Crippen molar-refractivity contribution in [2.45, 2.75) is 20.4 Å². The topological polar surface area (TPSA) is 75.6 Å². The minimum atomic E-state index is -0.249. The number of nitrogens with one attached hydrogen (secondary N) is 1. The standard InChI is InChI=1S/C19H30N4O4.HI/c1-5-26-16-8-7-15(13-17(16)25-4)14-21-18(20-3)22-9-11-23(12-10-22)19(24)27-6-2;/h7-8,13H,5-6,9-12,14H2,1-4H3,(H,20,21);1H. The van der Waals surface area contributed by atoms with Gasteiger partial charge in [0.25, 0.3) is 0 Å². The first kappa shape index (κ1) is 24.1. The zero-order valence-electron chi connectivity index (χ0n) is 17.1. The minimum Gasteiger partial charge on any atom is -0.493 e. The van der Waals surface area contributed by atoms with Crippen LogP contribution in [0.15, 0.2) is 23.2 Å². The molecule has 1 aromatic rings. The lowest BCUT2D eigenvalue weighted by Crippen LogP contribution is -2.53. The van der Waals surface area contributed by atoms with E-state index in [0.29, 0.717) is 51.7 Å². The van der Waals surface area contributed by atoms with Gasteiger partial charge in [-0.2, -0.15) is 0 Å². The molecule has 9 heteroatoms. The lowest BCUT2D eigenvalue weighted by molar-refractivity contribution is 0.0914. The fourth-order valence-electron chi connectivity index (χ4n) is 2.93. The van der Waals surface area contributed by atoms with Gasteiger partial charge in [-0.1, -0.05) is 6.07 Å². The van der Waals surface area contributed by atoms with Crippen molar-refractivity contribution in [3.05, 3.63) is 23.8 Å². The maximum absolute atomic E-state index is 11.8. The van der Waals surface area contributed by atoms with Crippen molar-refractivity contribution in [2.75, 3.05) is 53.6 Å². The zero-order valence-corrected chi connectivity index (χ0v) is 19.4. The lowest BCUT2D eigenvalue weighted by atomic mass is 10.2. The largest absolute Gasteiger partial charge is 0.493 e. The van der Waals surface area contributed by atoms with E-state index >= 15 is 0 Å². The van der Waals surface area contributed by atoms with Crippen molar-refractivity contribution in [3.8, 4) is 11.5 Å². The molecule has 0 unspecified atom stereocenters. The molecule has 1 saturated heterocycles. The molecule has 28 heavy (non-hydrogen) atoms. The normalized spacial score (nSPS) is 14.2. The molecule has 0 radical (unpaired) electrons. The number of hydrogen-bond acceptors (Lipinski definition) is 5. The number of guanidine groups is 1. The van der Waals surface area contributed by atoms with E-state index in [1.807, 2.05) is 32.0 Å². The summed E-state index contributed by atoms with van der Waals surface area (Å²) in [5.41, 5.74) is 1.07. The third kappa shape index (κ3) is 6.61. The Morgan fingerprint density at radius 3 is 2.36 bits per heavy atom. The zero-order chi connectivity index (χ0) is 19.6. The highest BCUT2D eigenvalue weighted by atomic mass is 127. The number of nitrogens with zero attached hydrogens (tertiary/aromatic N) is 3. The Morgan fingerprint density at radius 2 is 1.79 bits per heavy atom. The number of piperazine rings is 1. The number of ether oxygens (including phenoxy) is 3. The first-order valence-corrected chi connectivity index (χ1v) is 9.29. The van der Waals surface area contributed by atoms with E-state index in [0.717, 1.165) is 17.3 Å².